The number of hydrogen-bond acceptors (Lipinski definition) is 8. The van der Waals surface area contributed by atoms with Gasteiger partial charge in [-0.1, -0.05) is 12.1 Å². The molecule has 9 nitrogen and oxygen atoms in total. The molecule has 3 aromatic rings. The first-order valence-electron chi connectivity index (χ1n) is 10.2. The SMILES string of the molecule is COc1ccccc1S(=O)(=O)Nc1ccc(Nc2nc(C)cc(N3CCOCC3)n2)cc1. The molecule has 2 aromatic carbocycles. The molecule has 1 aliphatic rings. The zero-order valence-electron chi connectivity index (χ0n) is 17.9. The Kier molecular flexibility index (Phi) is 6.42. The van der Waals surface area contributed by atoms with Gasteiger partial charge in [0.05, 0.1) is 20.3 Å². The monoisotopic (exact) mass is 455 g/mol. The van der Waals surface area contributed by atoms with Crippen LogP contribution in [0.4, 0.5) is 23.1 Å². The van der Waals surface area contributed by atoms with E-state index in [0.717, 1.165) is 30.3 Å². The fourth-order valence-corrected chi connectivity index (χ4v) is 4.59. The number of aryl methyl sites for hydroxylation is 1. The number of morpholine rings is 1. The minimum atomic E-state index is -3.79. The van der Waals surface area contributed by atoms with Crippen LogP contribution < -0.4 is 19.7 Å². The highest BCUT2D eigenvalue weighted by Crippen LogP contribution is 2.26. The quantitative estimate of drug-likeness (QED) is 0.560. The van der Waals surface area contributed by atoms with E-state index >= 15 is 0 Å². The Bertz CT molecular complexity index is 1180. The second kappa shape index (κ2) is 9.41. The molecular weight excluding hydrogens is 430 g/mol. The molecule has 2 heterocycles. The molecule has 32 heavy (non-hydrogen) atoms. The summed E-state index contributed by atoms with van der Waals surface area (Å²) in [5.41, 5.74) is 2.02. The lowest BCUT2D eigenvalue weighted by Crippen LogP contribution is -2.36. The molecule has 168 valence electrons. The maximum absolute atomic E-state index is 12.7. The highest BCUT2D eigenvalue weighted by molar-refractivity contribution is 7.92. The maximum Gasteiger partial charge on any atom is 0.265 e. The summed E-state index contributed by atoms with van der Waals surface area (Å²) in [7, 11) is -2.35. The highest BCUT2D eigenvalue weighted by atomic mass is 32.2. The molecule has 0 aliphatic carbocycles. The Balaban J connectivity index is 1.48. The molecule has 0 amide bonds. The van der Waals surface area contributed by atoms with Gasteiger partial charge in [-0.25, -0.2) is 13.4 Å². The summed E-state index contributed by atoms with van der Waals surface area (Å²) in [4.78, 5) is 11.3. The predicted molar refractivity (Wildman–Crippen MR) is 123 cm³/mol. The Hall–Kier alpha value is -3.37. The van der Waals surface area contributed by atoms with Crippen molar-refractivity contribution in [1.29, 1.82) is 0 Å². The molecule has 10 heteroatoms. The second-order valence-electron chi connectivity index (χ2n) is 7.25. The number of ether oxygens (including phenoxy) is 2. The van der Waals surface area contributed by atoms with E-state index in [1.165, 1.54) is 13.2 Å². The fraction of sp³-hybridized carbons (Fsp3) is 0.273. The Morgan fingerprint density at radius 2 is 1.69 bits per heavy atom. The van der Waals surface area contributed by atoms with Crippen molar-refractivity contribution in [3.63, 3.8) is 0 Å². The van der Waals surface area contributed by atoms with E-state index in [0.29, 0.717) is 24.8 Å². The largest absolute Gasteiger partial charge is 0.495 e. The first-order valence-corrected chi connectivity index (χ1v) is 11.6. The van der Waals surface area contributed by atoms with Crippen LogP contribution in [0.25, 0.3) is 0 Å². The van der Waals surface area contributed by atoms with Crippen LogP contribution in [0, 0.1) is 6.92 Å². The lowest BCUT2D eigenvalue weighted by atomic mass is 10.3. The number of hydrogen-bond donors (Lipinski definition) is 2. The third kappa shape index (κ3) is 5.09. The summed E-state index contributed by atoms with van der Waals surface area (Å²) in [6.45, 7) is 4.86. The van der Waals surface area contributed by atoms with Crippen LogP contribution in [0.2, 0.25) is 0 Å². The zero-order chi connectivity index (χ0) is 22.6. The average molecular weight is 456 g/mol. The Labute approximate surface area is 187 Å². The molecule has 0 atom stereocenters. The van der Waals surface area contributed by atoms with Gasteiger partial charge in [0.25, 0.3) is 10.0 Å². The van der Waals surface area contributed by atoms with Crippen LogP contribution in [-0.4, -0.2) is 51.8 Å². The summed E-state index contributed by atoms with van der Waals surface area (Å²) in [5, 5.41) is 3.19. The minimum Gasteiger partial charge on any atom is -0.495 e. The van der Waals surface area contributed by atoms with Crippen molar-refractivity contribution < 1.29 is 17.9 Å². The number of anilines is 4. The van der Waals surface area contributed by atoms with Gasteiger partial charge in [-0.05, 0) is 43.3 Å². The maximum atomic E-state index is 12.7. The summed E-state index contributed by atoms with van der Waals surface area (Å²) >= 11 is 0. The Morgan fingerprint density at radius 1 is 1.00 bits per heavy atom. The van der Waals surface area contributed by atoms with Gasteiger partial charge in [0, 0.05) is 36.2 Å². The van der Waals surface area contributed by atoms with E-state index in [2.05, 4.69) is 24.9 Å². The molecule has 2 N–H and O–H groups in total. The van der Waals surface area contributed by atoms with Gasteiger partial charge in [0.15, 0.2) is 0 Å². The van der Waals surface area contributed by atoms with Crippen molar-refractivity contribution >= 4 is 33.2 Å². The predicted octanol–water partition coefficient (Wildman–Crippen LogP) is 3.17. The number of rotatable bonds is 7. The summed E-state index contributed by atoms with van der Waals surface area (Å²) in [6, 6.07) is 15.3. The van der Waals surface area contributed by atoms with Crippen molar-refractivity contribution in [2.75, 3.05) is 48.4 Å². The summed E-state index contributed by atoms with van der Waals surface area (Å²) < 4.78 is 38.6. The highest BCUT2D eigenvalue weighted by Gasteiger charge is 2.19. The van der Waals surface area contributed by atoms with Gasteiger partial charge in [-0.2, -0.15) is 4.98 Å². The van der Waals surface area contributed by atoms with Gasteiger partial charge < -0.3 is 19.7 Å². The number of sulfonamides is 1. The van der Waals surface area contributed by atoms with Crippen molar-refractivity contribution in [1.82, 2.24) is 9.97 Å². The summed E-state index contributed by atoms with van der Waals surface area (Å²) in [6.07, 6.45) is 0. The van der Waals surface area contributed by atoms with Gasteiger partial charge >= 0.3 is 0 Å². The van der Waals surface area contributed by atoms with Gasteiger partial charge in [-0.15, -0.1) is 0 Å². The second-order valence-corrected chi connectivity index (χ2v) is 8.90. The normalized spacial score (nSPS) is 14.1. The number of benzene rings is 2. The number of para-hydroxylation sites is 1. The third-order valence-corrected chi connectivity index (χ3v) is 6.35. The number of methoxy groups -OCH3 is 1. The molecule has 0 radical (unpaired) electrons. The van der Waals surface area contributed by atoms with Crippen LogP contribution in [0.3, 0.4) is 0 Å². The minimum absolute atomic E-state index is 0.0773. The van der Waals surface area contributed by atoms with Crippen molar-refractivity contribution in [2.24, 2.45) is 0 Å². The zero-order valence-corrected chi connectivity index (χ0v) is 18.7. The van der Waals surface area contributed by atoms with Crippen LogP contribution in [0.1, 0.15) is 5.69 Å². The first kappa shape index (κ1) is 21.8. The smallest absolute Gasteiger partial charge is 0.265 e. The number of nitrogens with zero attached hydrogens (tertiary/aromatic N) is 3. The summed E-state index contributed by atoms with van der Waals surface area (Å²) in [5.74, 6) is 1.62. The lowest BCUT2D eigenvalue weighted by molar-refractivity contribution is 0.122. The van der Waals surface area contributed by atoms with Crippen molar-refractivity contribution in [3.8, 4) is 5.75 Å². The fourth-order valence-electron chi connectivity index (χ4n) is 3.36. The first-order chi connectivity index (χ1) is 15.4. The van der Waals surface area contributed by atoms with E-state index in [1.54, 1.807) is 42.5 Å². The molecule has 0 bridgehead atoms. The topological polar surface area (TPSA) is 106 Å². The van der Waals surface area contributed by atoms with Crippen LogP contribution in [0.15, 0.2) is 59.5 Å². The van der Waals surface area contributed by atoms with Crippen LogP contribution in [-0.2, 0) is 14.8 Å². The molecule has 1 fully saturated rings. The molecule has 1 aromatic heterocycles. The van der Waals surface area contributed by atoms with E-state index in [9.17, 15) is 8.42 Å². The average Bonchev–Trinajstić information content (AvgIpc) is 2.80. The van der Waals surface area contributed by atoms with Gasteiger partial charge in [0.2, 0.25) is 5.95 Å². The molecule has 0 unspecified atom stereocenters. The van der Waals surface area contributed by atoms with E-state index in [-0.39, 0.29) is 10.6 Å². The van der Waals surface area contributed by atoms with E-state index in [4.69, 9.17) is 9.47 Å². The molecular formula is C22H25N5O4S. The van der Waals surface area contributed by atoms with E-state index < -0.39 is 10.0 Å². The van der Waals surface area contributed by atoms with Gasteiger partial charge in [0.1, 0.15) is 16.5 Å². The lowest BCUT2D eigenvalue weighted by Gasteiger charge is -2.28. The van der Waals surface area contributed by atoms with Gasteiger partial charge in [-0.3, -0.25) is 4.72 Å². The molecule has 0 saturated carbocycles. The molecule has 4 rings (SSSR count). The third-order valence-electron chi connectivity index (χ3n) is 4.93. The van der Waals surface area contributed by atoms with E-state index in [1.807, 2.05) is 13.0 Å². The van der Waals surface area contributed by atoms with Crippen molar-refractivity contribution in [3.05, 3.63) is 60.3 Å². The standard InChI is InChI=1S/C22H25N5O4S/c1-16-15-21(27-11-13-31-14-12-27)25-22(23-16)24-17-7-9-18(10-8-17)26-32(28,29)20-6-4-3-5-19(20)30-2/h3-10,15,26H,11-14H2,1-2H3,(H,23,24,25). The molecule has 0 spiro atoms. The number of aromatic nitrogens is 2. The van der Waals surface area contributed by atoms with Crippen LogP contribution in [0.5, 0.6) is 5.75 Å². The van der Waals surface area contributed by atoms with Crippen molar-refractivity contribution in [2.45, 2.75) is 11.8 Å². The molecule has 1 aliphatic heterocycles. The molecule has 1 saturated heterocycles. The number of nitrogens with one attached hydrogen (secondary N) is 2. The Morgan fingerprint density at radius 3 is 2.41 bits per heavy atom. The van der Waals surface area contributed by atoms with Crippen LogP contribution >= 0.6 is 0 Å².